The molecule has 0 bridgehead atoms. The second kappa shape index (κ2) is 12.2. The van der Waals surface area contributed by atoms with Gasteiger partial charge < -0.3 is 14.5 Å². The number of carbonyl (C=O) groups excluding carboxylic acids is 1. The highest BCUT2D eigenvalue weighted by atomic mass is 35.5. The van der Waals surface area contributed by atoms with Crippen LogP contribution in [0, 0.1) is 12.7 Å². The number of rotatable bonds is 7. The van der Waals surface area contributed by atoms with E-state index in [0.29, 0.717) is 48.3 Å². The minimum absolute atomic E-state index is 0.0375. The first-order chi connectivity index (χ1) is 20.4. The number of fused-ring (bicyclic) bond motifs is 1. The van der Waals surface area contributed by atoms with E-state index in [1.807, 2.05) is 30.0 Å². The molecule has 42 heavy (non-hydrogen) atoms. The van der Waals surface area contributed by atoms with Gasteiger partial charge in [-0.3, -0.25) is 4.79 Å². The number of nitrogens with zero attached hydrogens (tertiary/aromatic N) is 6. The summed E-state index contributed by atoms with van der Waals surface area (Å²) in [6, 6.07) is 23.3. The zero-order valence-corrected chi connectivity index (χ0v) is 24.0. The number of ether oxygens (including phenoxy) is 1. The second-order valence-electron chi connectivity index (χ2n) is 10.3. The lowest BCUT2D eigenvalue weighted by Gasteiger charge is -2.24. The molecule has 0 unspecified atom stereocenters. The Kier molecular flexibility index (Phi) is 8.01. The number of amides is 1. The Morgan fingerprint density at radius 1 is 0.929 bits per heavy atom. The van der Waals surface area contributed by atoms with E-state index >= 15 is 0 Å². The summed E-state index contributed by atoms with van der Waals surface area (Å²) >= 11 is 5.95. The predicted molar refractivity (Wildman–Crippen MR) is 161 cm³/mol. The molecule has 3 heterocycles. The number of carbonyl (C=O) groups is 1. The molecule has 1 aliphatic heterocycles. The third-order valence-electron chi connectivity index (χ3n) is 7.33. The zero-order valence-electron chi connectivity index (χ0n) is 23.2. The molecular formula is C32H30ClFN6O2. The van der Waals surface area contributed by atoms with Gasteiger partial charge in [0.2, 0.25) is 0 Å². The first-order valence-corrected chi connectivity index (χ1v) is 14.3. The van der Waals surface area contributed by atoms with Gasteiger partial charge in [0.15, 0.2) is 12.3 Å². The Morgan fingerprint density at radius 2 is 1.69 bits per heavy atom. The average molecular weight is 585 g/mol. The molecule has 0 aliphatic carbocycles. The molecule has 1 amide bonds. The Hall–Kier alpha value is -4.50. The van der Waals surface area contributed by atoms with Gasteiger partial charge in [0.05, 0.1) is 16.8 Å². The van der Waals surface area contributed by atoms with Gasteiger partial charge in [0.1, 0.15) is 23.2 Å². The Labute approximate surface area is 248 Å². The summed E-state index contributed by atoms with van der Waals surface area (Å²) in [6.07, 6.45) is 1.33. The molecule has 6 rings (SSSR count). The van der Waals surface area contributed by atoms with E-state index in [0.717, 1.165) is 41.1 Å². The minimum Gasteiger partial charge on any atom is -0.484 e. The van der Waals surface area contributed by atoms with Crippen molar-refractivity contribution < 1.29 is 13.9 Å². The van der Waals surface area contributed by atoms with Crippen molar-refractivity contribution in [2.45, 2.75) is 19.8 Å². The number of halogens is 2. The molecule has 214 valence electrons. The predicted octanol–water partition coefficient (Wildman–Crippen LogP) is 5.62. The number of anilines is 1. The average Bonchev–Trinajstić information content (AvgIpc) is 3.16. The van der Waals surface area contributed by atoms with Gasteiger partial charge in [0.25, 0.3) is 5.91 Å². The smallest absolute Gasteiger partial charge is 0.260 e. The van der Waals surface area contributed by atoms with Crippen molar-refractivity contribution in [2.75, 3.05) is 37.7 Å². The standard InChI is InChI=1S/C32H30ClFN6O2/c1-22-30-31(39-17-5-16-38(18-19-39)29(41)21-42-27-14-8-24(33)9-15-27)35-28(20-23-6-3-2-4-7-23)36-32(30)40(37-22)26-12-10-25(34)11-13-26/h2-4,6-15H,5,16-21H2,1H3. The van der Waals surface area contributed by atoms with Crippen LogP contribution < -0.4 is 9.64 Å². The van der Waals surface area contributed by atoms with Crippen molar-refractivity contribution in [3.05, 3.63) is 107 Å². The molecule has 1 aliphatic rings. The second-order valence-corrected chi connectivity index (χ2v) is 10.7. The van der Waals surface area contributed by atoms with Crippen LogP contribution in [-0.2, 0) is 11.2 Å². The van der Waals surface area contributed by atoms with Crippen LogP contribution in [0.25, 0.3) is 16.7 Å². The maximum absolute atomic E-state index is 13.7. The van der Waals surface area contributed by atoms with Gasteiger partial charge >= 0.3 is 0 Å². The third-order valence-corrected chi connectivity index (χ3v) is 7.58. The molecule has 3 aromatic carbocycles. The number of hydrogen-bond donors (Lipinski definition) is 0. The lowest BCUT2D eigenvalue weighted by Crippen LogP contribution is -2.38. The normalized spacial score (nSPS) is 13.8. The fraction of sp³-hybridized carbons (Fsp3) is 0.250. The molecule has 0 atom stereocenters. The molecule has 5 aromatic rings. The van der Waals surface area contributed by atoms with Crippen LogP contribution >= 0.6 is 11.6 Å². The van der Waals surface area contributed by atoms with Gasteiger partial charge in [-0.05, 0) is 67.4 Å². The van der Waals surface area contributed by atoms with Crippen LogP contribution in [0.4, 0.5) is 10.2 Å². The molecule has 2 aromatic heterocycles. The summed E-state index contributed by atoms with van der Waals surface area (Å²) in [7, 11) is 0. The summed E-state index contributed by atoms with van der Waals surface area (Å²) < 4.78 is 21.2. The number of hydrogen-bond acceptors (Lipinski definition) is 6. The maximum Gasteiger partial charge on any atom is 0.260 e. The van der Waals surface area contributed by atoms with Crippen molar-refractivity contribution in [1.82, 2.24) is 24.6 Å². The van der Waals surface area contributed by atoms with Crippen molar-refractivity contribution in [2.24, 2.45) is 0 Å². The van der Waals surface area contributed by atoms with Crippen molar-refractivity contribution in [3.8, 4) is 11.4 Å². The summed E-state index contributed by atoms with van der Waals surface area (Å²) in [5, 5.41) is 6.26. The van der Waals surface area contributed by atoms with E-state index in [2.05, 4.69) is 17.0 Å². The fourth-order valence-electron chi connectivity index (χ4n) is 5.20. The summed E-state index contributed by atoms with van der Waals surface area (Å²) in [5.74, 6) is 1.69. The first kappa shape index (κ1) is 27.7. The van der Waals surface area contributed by atoms with Gasteiger partial charge in [-0.2, -0.15) is 5.10 Å². The summed E-state index contributed by atoms with van der Waals surface area (Å²) in [6.45, 7) is 4.38. The lowest BCUT2D eigenvalue weighted by atomic mass is 10.1. The van der Waals surface area contributed by atoms with Gasteiger partial charge in [-0.1, -0.05) is 41.9 Å². The van der Waals surface area contributed by atoms with Crippen LogP contribution in [0.2, 0.25) is 5.02 Å². The third kappa shape index (κ3) is 6.06. The molecule has 0 spiro atoms. The highest BCUT2D eigenvalue weighted by Gasteiger charge is 2.25. The summed E-state index contributed by atoms with van der Waals surface area (Å²) in [4.78, 5) is 27.1. The first-order valence-electron chi connectivity index (χ1n) is 13.9. The van der Waals surface area contributed by atoms with Crippen LogP contribution in [-0.4, -0.2) is 63.3 Å². The largest absolute Gasteiger partial charge is 0.484 e. The van der Waals surface area contributed by atoms with Crippen LogP contribution in [0.5, 0.6) is 5.75 Å². The van der Waals surface area contributed by atoms with Crippen LogP contribution in [0.3, 0.4) is 0 Å². The van der Waals surface area contributed by atoms with Crippen molar-refractivity contribution >= 4 is 34.4 Å². The van der Waals surface area contributed by atoms with Crippen LogP contribution in [0.15, 0.2) is 78.9 Å². The molecule has 1 saturated heterocycles. The summed E-state index contributed by atoms with van der Waals surface area (Å²) in [5.41, 5.74) is 3.27. The quantitative estimate of drug-likeness (QED) is 0.247. The van der Waals surface area contributed by atoms with E-state index in [1.54, 1.807) is 41.1 Å². The molecule has 1 fully saturated rings. The molecule has 8 nitrogen and oxygen atoms in total. The van der Waals surface area contributed by atoms with E-state index in [-0.39, 0.29) is 18.3 Å². The monoisotopic (exact) mass is 584 g/mol. The van der Waals surface area contributed by atoms with E-state index < -0.39 is 0 Å². The van der Waals surface area contributed by atoms with Crippen molar-refractivity contribution in [1.29, 1.82) is 0 Å². The number of aromatic nitrogens is 4. The Bertz CT molecular complexity index is 1690. The Balaban J connectivity index is 1.29. The molecular weight excluding hydrogens is 555 g/mol. The highest BCUT2D eigenvalue weighted by molar-refractivity contribution is 6.30. The molecule has 0 radical (unpaired) electrons. The highest BCUT2D eigenvalue weighted by Crippen LogP contribution is 2.30. The van der Waals surface area contributed by atoms with E-state index in [4.69, 9.17) is 31.4 Å². The number of benzene rings is 3. The van der Waals surface area contributed by atoms with Crippen LogP contribution in [0.1, 0.15) is 23.5 Å². The van der Waals surface area contributed by atoms with Gasteiger partial charge in [0, 0.05) is 37.6 Å². The van der Waals surface area contributed by atoms with Gasteiger partial charge in [-0.15, -0.1) is 0 Å². The molecule has 10 heteroatoms. The lowest BCUT2D eigenvalue weighted by molar-refractivity contribution is -0.133. The maximum atomic E-state index is 13.7. The van der Waals surface area contributed by atoms with E-state index in [1.165, 1.54) is 12.1 Å². The van der Waals surface area contributed by atoms with E-state index in [9.17, 15) is 9.18 Å². The Morgan fingerprint density at radius 3 is 2.45 bits per heavy atom. The molecule has 0 N–H and O–H groups in total. The topological polar surface area (TPSA) is 76.4 Å². The minimum atomic E-state index is -0.311. The number of aryl methyl sites for hydroxylation is 1. The SMILES string of the molecule is Cc1nn(-c2ccc(F)cc2)c2nc(Cc3ccccc3)nc(N3CCCN(C(=O)COc4ccc(Cl)cc4)CC3)c12. The van der Waals surface area contributed by atoms with Crippen molar-refractivity contribution in [3.63, 3.8) is 0 Å². The van der Waals surface area contributed by atoms with Gasteiger partial charge in [-0.25, -0.2) is 19.0 Å². The molecule has 0 saturated carbocycles. The zero-order chi connectivity index (χ0) is 29.1. The fourth-order valence-corrected chi connectivity index (χ4v) is 5.33.